The fraction of sp³-hybridized carbons (Fsp3) is 0.300. The number of hydrazone groups is 1. The molecule has 0 unspecified atom stereocenters. The second-order valence-electron chi connectivity index (χ2n) is 6.69. The van der Waals surface area contributed by atoms with Gasteiger partial charge in [0.2, 0.25) is 0 Å². The van der Waals surface area contributed by atoms with Crippen LogP contribution in [-0.4, -0.2) is 42.4 Å². The Hall–Kier alpha value is -2.58. The SMILES string of the molecule is NC(=S)NN=Cc1ccc(N2CCCN(Cc3ccc(F)cc3)CC2)c(F)c1. The number of anilines is 1. The van der Waals surface area contributed by atoms with Gasteiger partial charge in [0.1, 0.15) is 11.6 Å². The highest BCUT2D eigenvalue weighted by atomic mass is 32.1. The normalized spacial score (nSPS) is 15.6. The molecule has 0 aromatic heterocycles. The molecule has 148 valence electrons. The van der Waals surface area contributed by atoms with Crippen molar-refractivity contribution < 1.29 is 8.78 Å². The molecule has 0 bridgehead atoms. The number of nitrogens with one attached hydrogen (secondary N) is 1. The smallest absolute Gasteiger partial charge is 0.184 e. The van der Waals surface area contributed by atoms with E-state index in [-0.39, 0.29) is 16.7 Å². The van der Waals surface area contributed by atoms with Crippen LogP contribution in [0.4, 0.5) is 14.5 Å². The van der Waals surface area contributed by atoms with Gasteiger partial charge in [0.05, 0.1) is 11.9 Å². The molecular formula is C20H23F2N5S. The van der Waals surface area contributed by atoms with E-state index >= 15 is 0 Å². The second-order valence-corrected chi connectivity index (χ2v) is 7.13. The summed E-state index contributed by atoms with van der Waals surface area (Å²) in [5.74, 6) is -0.512. The van der Waals surface area contributed by atoms with Crippen LogP contribution < -0.4 is 16.1 Å². The van der Waals surface area contributed by atoms with E-state index in [0.717, 1.165) is 44.7 Å². The third-order valence-corrected chi connectivity index (χ3v) is 4.70. The number of hydrogen-bond acceptors (Lipinski definition) is 4. The van der Waals surface area contributed by atoms with Gasteiger partial charge in [0, 0.05) is 32.7 Å². The first-order valence-electron chi connectivity index (χ1n) is 9.11. The summed E-state index contributed by atoms with van der Waals surface area (Å²) in [6.07, 6.45) is 2.40. The quantitative estimate of drug-likeness (QED) is 0.457. The maximum Gasteiger partial charge on any atom is 0.184 e. The number of nitrogens with zero attached hydrogens (tertiary/aromatic N) is 3. The van der Waals surface area contributed by atoms with Crippen molar-refractivity contribution in [3.63, 3.8) is 0 Å². The van der Waals surface area contributed by atoms with Crippen LogP contribution in [0, 0.1) is 11.6 Å². The highest BCUT2D eigenvalue weighted by Gasteiger charge is 2.18. The molecule has 0 saturated carbocycles. The summed E-state index contributed by atoms with van der Waals surface area (Å²) >= 11 is 4.66. The van der Waals surface area contributed by atoms with E-state index in [4.69, 9.17) is 5.73 Å². The first-order valence-corrected chi connectivity index (χ1v) is 9.52. The van der Waals surface area contributed by atoms with Crippen LogP contribution in [0.1, 0.15) is 17.5 Å². The van der Waals surface area contributed by atoms with Gasteiger partial charge >= 0.3 is 0 Å². The molecule has 0 aliphatic carbocycles. The zero-order valence-corrected chi connectivity index (χ0v) is 16.3. The second kappa shape index (κ2) is 9.57. The lowest BCUT2D eigenvalue weighted by Gasteiger charge is -2.24. The number of nitrogens with two attached hydrogens (primary N) is 1. The Labute approximate surface area is 168 Å². The monoisotopic (exact) mass is 403 g/mol. The van der Waals surface area contributed by atoms with E-state index in [1.54, 1.807) is 6.07 Å². The van der Waals surface area contributed by atoms with Crippen LogP contribution in [0.2, 0.25) is 0 Å². The van der Waals surface area contributed by atoms with Gasteiger partial charge in [0.15, 0.2) is 5.11 Å². The highest BCUT2D eigenvalue weighted by Crippen LogP contribution is 2.22. The Morgan fingerprint density at radius 1 is 1.11 bits per heavy atom. The van der Waals surface area contributed by atoms with Gasteiger partial charge in [-0.05, 0) is 54.0 Å². The van der Waals surface area contributed by atoms with Crippen molar-refractivity contribution in [3.8, 4) is 0 Å². The summed E-state index contributed by atoms with van der Waals surface area (Å²) in [5.41, 5.74) is 10.0. The Kier molecular flexibility index (Phi) is 6.89. The summed E-state index contributed by atoms with van der Waals surface area (Å²) in [7, 11) is 0. The molecule has 1 fully saturated rings. The molecule has 5 nitrogen and oxygen atoms in total. The minimum atomic E-state index is -0.286. The maximum absolute atomic E-state index is 14.6. The predicted molar refractivity (Wildman–Crippen MR) is 112 cm³/mol. The minimum Gasteiger partial charge on any atom is -0.375 e. The van der Waals surface area contributed by atoms with Crippen molar-refractivity contribution in [1.82, 2.24) is 10.3 Å². The average molecular weight is 404 g/mol. The molecule has 1 saturated heterocycles. The molecule has 3 N–H and O–H groups in total. The van der Waals surface area contributed by atoms with Crippen LogP contribution in [0.25, 0.3) is 0 Å². The van der Waals surface area contributed by atoms with Gasteiger partial charge in [-0.25, -0.2) is 8.78 Å². The number of benzene rings is 2. The van der Waals surface area contributed by atoms with Gasteiger partial charge in [-0.1, -0.05) is 18.2 Å². The van der Waals surface area contributed by atoms with Crippen LogP contribution in [0.5, 0.6) is 0 Å². The van der Waals surface area contributed by atoms with Crippen molar-refractivity contribution in [1.29, 1.82) is 0 Å². The van der Waals surface area contributed by atoms with Gasteiger partial charge in [-0.15, -0.1) is 0 Å². The van der Waals surface area contributed by atoms with Gasteiger partial charge in [0.25, 0.3) is 0 Å². The van der Waals surface area contributed by atoms with Crippen LogP contribution in [0.15, 0.2) is 47.6 Å². The summed E-state index contributed by atoms with van der Waals surface area (Å²) in [4.78, 5) is 4.38. The van der Waals surface area contributed by atoms with Gasteiger partial charge < -0.3 is 10.6 Å². The molecule has 2 aromatic rings. The van der Waals surface area contributed by atoms with Crippen molar-refractivity contribution >= 4 is 29.2 Å². The van der Waals surface area contributed by atoms with E-state index < -0.39 is 0 Å². The largest absolute Gasteiger partial charge is 0.375 e. The van der Waals surface area contributed by atoms with Gasteiger partial charge in [-0.2, -0.15) is 5.10 Å². The fourth-order valence-corrected chi connectivity index (χ4v) is 3.30. The molecule has 8 heteroatoms. The molecule has 1 aliphatic heterocycles. The van der Waals surface area contributed by atoms with Crippen LogP contribution >= 0.6 is 12.2 Å². The van der Waals surface area contributed by atoms with Crippen molar-refractivity contribution in [3.05, 3.63) is 65.2 Å². The zero-order valence-electron chi connectivity index (χ0n) is 15.4. The molecule has 0 amide bonds. The predicted octanol–water partition coefficient (Wildman–Crippen LogP) is 2.84. The third-order valence-electron chi connectivity index (χ3n) is 4.61. The van der Waals surface area contributed by atoms with E-state index in [2.05, 4.69) is 32.5 Å². The molecule has 1 aliphatic rings. The lowest BCUT2D eigenvalue weighted by molar-refractivity contribution is 0.285. The lowest BCUT2D eigenvalue weighted by Crippen LogP contribution is -2.31. The molecule has 2 aromatic carbocycles. The standard InChI is InChI=1S/C20H23F2N5S/c21-17-5-2-15(3-6-17)14-26-8-1-9-27(11-10-26)19-7-4-16(12-18(19)22)13-24-25-20(23)28/h2-7,12-13H,1,8-11,14H2,(H3,23,25,28). The first kappa shape index (κ1) is 20.2. The van der Waals surface area contributed by atoms with Crippen molar-refractivity contribution in [2.24, 2.45) is 10.8 Å². The highest BCUT2D eigenvalue weighted by molar-refractivity contribution is 7.80. The van der Waals surface area contributed by atoms with Crippen LogP contribution in [-0.2, 0) is 6.54 Å². The summed E-state index contributed by atoms with van der Waals surface area (Å²) in [5, 5.41) is 3.90. The van der Waals surface area contributed by atoms with Crippen molar-refractivity contribution in [2.75, 3.05) is 31.1 Å². The number of rotatable bonds is 5. The first-order chi connectivity index (χ1) is 13.5. The summed E-state index contributed by atoms with van der Waals surface area (Å²) < 4.78 is 27.7. The Bertz CT molecular complexity index is 841. The molecule has 1 heterocycles. The number of halogens is 2. The molecule has 0 spiro atoms. The Balaban J connectivity index is 1.61. The topological polar surface area (TPSA) is 56.9 Å². The third kappa shape index (κ3) is 5.71. The lowest BCUT2D eigenvalue weighted by atomic mass is 10.2. The Morgan fingerprint density at radius 2 is 1.89 bits per heavy atom. The fourth-order valence-electron chi connectivity index (χ4n) is 3.25. The maximum atomic E-state index is 14.6. The van der Waals surface area contributed by atoms with E-state index in [0.29, 0.717) is 11.3 Å². The summed E-state index contributed by atoms with van der Waals surface area (Å²) in [6.45, 7) is 4.02. The van der Waals surface area contributed by atoms with Crippen LogP contribution in [0.3, 0.4) is 0 Å². The minimum absolute atomic E-state index is 0.0584. The Morgan fingerprint density at radius 3 is 2.61 bits per heavy atom. The summed E-state index contributed by atoms with van der Waals surface area (Å²) in [6, 6.07) is 11.6. The molecular weight excluding hydrogens is 380 g/mol. The molecule has 0 radical (unpaired) electrons. The molecule has 3 rings (SSSR count). The van der Waals surface area contributed by atoms with Gasteiger partial charge in [-0.3, -0.25) is 10.3 Å². The van der Waals surface area contributed by atoms with E-state index in [1.807, 2.05) is 18.2 Å². The van der Waals surface area contributed by atoms with E-state index in [1.165, 1.54) is 24.4 Å². The zero-order chi connectivity index (χ0) is 19.9. The van der Waals surface area contributed by atoms with E-state index in [9.17, 15) is 8.78 Å². The average Bonchev–Trinajstić information content (AvgIpc) is 2.89. The number of hydrogen-bond donors (Lipinski definition) is 2. The number of thiocarbonyl (C=S) groups is 1. The molecule has 0 atom stereocenters. The van der Waals surface area contributed by atoms with Crippen molar-refractivity contribution in [2.45, 2.75) is 13.0 Å². The molecule has 28 heavy (non-hydrogen) atoms.